The molecule has 0 saturated heterocycles. The zero-order chi connectivity index (χ0) is 42.4. The Morgan fingerprint density at radius 2 is 1.03 bits per heavy atom. The number of nitrogens with zero attached hydrogens (tertiary/aromatic N) is 7. The lowest BCUT2D eigenvalue weighted by Gasteiger charge is -2.09. The van der Waals surface area contributed by atoms with Gasteiger partial charge in [0.2, 0.25) is 16.2 Å². The fourth-order valence-electron chi connectivity index (χ4n) is 5.65. The number of hydrogen-bond acceptors (Lipinski definition) is 15. The van der Waals surface area contributed by atoms with Gasteiger partial charge in [-0.25, -0.2) is 4.99 Å². The van der Waals surface area contributed by atoms with Crippen LogP contribution in [0.5, 0.6) is 11.5 Å². The third kappa shape index (κ3) is 8.94. The fraction of sp³-hybridized carbons (Fsp3) is 0. The maximum atomic E-state index is 12.3. The van der Waals surface area contributed by atoms with E-state index in [0.717, 1.165) is 30.3 Å². The monoisotopic (exact) mass is 896 g/mol. The van der Waals surface area contributed by atoms with Crippen molar-refractivity contribution in [1.82, 2.24) is 15.0 Å². The van der Waals surface area contributed by atoms with E-state index in [1.54, 1.807) is 36.4 Å². The van der Waals surface area contributed by atoms with Crippen LogP contribution in [0.25, 0.3) is 32.7 Å². The van der Waals surface area contributed by atoms with Gasteiger partial charge in [-0.2, -0.15) is 45.4 Å². The number of azo groups is 2. The van der Waals surface area contributed by atoms with Crippen molar-refractivity contribution in [3.63, 3.8) is 0 Å². The van der Waals surface area contributed by atoms with E-state index in [-0.39, 0.29) is 54.8 Å². The van der Waals surface area contributed by atoms with Crippen LogP contribution in [-0.2, 0) is 30.4 Å². The van der Waals surface area contributed by atoms with E-state index in [1.807, 2.05) is 0 Å². The summed E-state index contributed by atoms with van der Waals surface area (Å²) in [7, 11) is -14.6. The molecule has 300 valence electrons. The van der Waals surface area contributed by atoms with Gasteiger partial charge in [-0.1, -0.05) is 30.3 Å². The number of aromatic amines is 1. The number of aromatic hydroxyl groups is 2. The Morgan fingerprint density at radius 3 is 1.54 bits per heavy atom. The van der Waals surface area contributed by atoms with Gasteiger partial charge in [-0.15, -0.1) is 10.2 Å². The molecule has 59 heavy (non-hydrogen) atoms. The Kier molecular flexibility index (Phi) is 10.8. The minimum Gasteiger partial charge on any atom is -0.505 e. The van der Waals surface area contributed by atoms with Crippen LogP contribution in [0.15, 0.2) is 137 Å². The molecule has 0 aliphatic rings. The SMILES string of the molecule is O=S(=O)(O)c1ccc2c(O)c(N=Nc3ccc(-c4ccc(N=Nc5c(S(=O)(=O)O)cc6ccc(N=c7nc(Cl)nc(Cl)[nH]7)cc6c5O)cc4)cc3)c(S(=O)(=O)O)cc2c1. The molecular weight excluding hydrogens is 876 g/mol. The molecule has 7 aromatic rings. The second-order valence-electron chi connectivity index (χ2n) is 12.2. The molecule has 0 atom stereocenters. The summed E-state index contributed by atoms with van der Waals surface area (Å²) < 4.78 is 101. The molecule has 0 amide bonds. The van der Waals surface area contributed by atoms with Crippen LogP contribution >= 0.6 is 23.2 Å². The number of aromatic nitrogens is 3. The molecule has 7 rings (SSSR count). The lowest BCUT2D eigenvalue weighted by atomic mass is 10.1. The molecule has 1 aromatic heterocycles. The third-order valence-electron chi connectivity index (χ3n) is 8.35. The standard InChI is InChI=1S/C35H22Cl2N8O11S3/c36-33-39-34(37)41-35(40-33)38-23-10-5-19-14-27(58(51,52)53)30(32(47)26(19)16-23)45-43-22-8-3-18(4-9-22)17-1-6-21(7-2-17)42-44-29-28(59(54,55)56)15-20-13-24(57(48,49)50)11-12-25(20)31(29)46/h1-16,46-47H,(H,48,49,50)(H,51,52,53)(H,54,55,56)(H,38,39,40,41). The second-order valence-corrected chi connectivity index (χ2v) is 17.1. The number of H-pyrrole nitrogens is 1. The minimum atomic E-state index is -5.01. The molecule has 1 heterocycles. The zero-order valence-electron chi connectivity index (χ0n) is 29.0. The zero-order valence-corrected chi connectivity index (χ0v) is 33.0. The summed E-state index contributed by atoms with van der Waals surface area (Å²) in [5, 5.41) is 37.8. The quantitative estimate of drug-likeness (QED) is 0.0587. The van der Waals surface area contributed by atoms with Gasteiger partial charge in [0.05, 0.1) is 22.0 Å². The van der Waals surface area contributed by atoms with Gasteiger partial charge >= 0.3 is 0 Å². The predicted molar refractivity (Wildman–Crippen MR) is 213 cm³/mol. The first kappa shape index (κ1) is 40.9. The molecule has 24 heteroatoms. The number of halogens is 2. The Bertz CT molecular complexity index is 3330. The van der Waals surface area contributed by atoms with E-state index in [4.69, 9.17) is 23.2 Å². The lowest BCUT2D eigenvalue weighted by Crippen LogP contribution is -2.13. The maximum absolute atomic E-state index is 12.3. The molecule has 0 unspecified atom stereocenters. The van der Waals surface area contributed by atoms with E-state index in [2.05, 4.69) is 40.4 Å². The summed E-state index contributed by atoms with van der Waals surface area (Å²) in [4.78, 5) is 12.3. The molecule has 0 aliphatic carbocycles. The van der Waals surface area contributed by atoms with Crippen molar-refractivity contribution in [2.24, 2.45) is 25.4 Å². The van der Waals surface area contributed by atoms with Crippen molar-refractivity contribution in [2.75, 3.05) is 0 Å². The highest BCUT2D eigenvalue weighted by Gasteiger charge is 2.24. The normalized spacial score (nSPS) is 13.0. The molecule has 0 aliphatic heterocycles. The predicted octanol–water partition coefficient (Wildman–Crippen LogP) is 8.30. The van der Waals surface area contributed by atoms with E-state index < -0.39 is 67.9 Å². The number of rotatable bonds is 9. The van der Waals surface area contributed by atoms with Crippen LogP contribution < -0.4 is 5.62 Å². The van der Waals surface area contributed by atoms with E-state index in [0.29, 0.717) is 11.1 Å². The number of nitrogens with one attached hydrogen (secondary N) is 1. The number of benzene rings is 6. The fourth-order valence-corrected chi connectivity index (χ4v) is 7.85. The van der Waals surface area contributed by atoms with Gasteiger partial charge in [0, 0.05) is 10.8 Å². The van der Waals surface area contributed by atoms with E-state index in [9.17, 15) is 49.1 Å². The summed E-state index contributed by atoms with van der Waals surface area (Å²) in [6, 6.07) is 22.1. The first-order valence-electron chi connectivity index (χ1n) is 16.1. The molecule has 0 radical (unpaired) electrons. The molecule has 0 spiro atoms. The van der Waals surface area contributed by atoms with Crippen LogP contribution in [0, 0.1) is 0 Å². The minimum absolute atomic E-state index is 0.00671. The van der Waals surface area contributed by atoms with Crippen molar-refractivity contribution < 1.29 is 49.1 Å². The van der Waals surface area contributed by atoms with E-state index >= 15 is 0 Å². The van der Waals surface area contributed by atoms with Gasteiger partial charge in [0.1, 0.15) is 21.2 Å². The first-order valence-corrected chi connectivity index (χ1v) is 21.2. The first-order chi connectivity index (χ1) is 27.7. The van der Waals surface area contributed by atoms with Crippen LogP contribution in [0.1, 0.15) is 0 Å². The number of phenolic OH excluding ortho intramolecular Hbond substituents is 2. The van der Waals surface area contributed by atoms with Gasteiger partial charge in [-0.05, 0) is 112 Å². The van der Waals surface area contributed by atoms with Crippen LogP contribution in [-0.4, -0.2) is 64.1 Å². The van der Waals surface area contributed by atoms with Gasteiger partial charge in [0.15, 0.2) is 11.5 Å². The number of hydrogen-bond donors (Lipinski definition) is 6. The highest BCUT2D eigenvalue weighted by molar-refractivity contribution is 7.86. The van der Waals surface area contributed by atoms with Gasteiger partial charge in [-0.3, -0.25) is 18.6 Å². The highest BCUT2D eigenvalue weighted by atomic mass is 35.5. The average molecular weight is 898 g/mol. The third-order valence-corrected chi connectivity index (χ3v) is 11.3. The van der Waals surface area contributed by atoms with Crippen molar-refractivity contribution in [3.8, 4) is 22.6 Å². The Labute approximate surface area is 342 Å². The lowest BCUT2D eigenvalue weighted by molar-refractivity contribution is 0.471. The van der Waals surface area contributed by atoms with Gasteiger partial charge < -0.3 is 10.2 Å². The number of fused-ring (bicyclic) bond motifs is 2. The molecule has 6 aromatic carbocycles. The van der Waals surface area contributed by atoms with Crippen molar-refractivity contribution in [2.45, 2.75) is 14.7 Å². The largest absolute Gasteiger partial charge is 0.505 e. The summed E-state index contributed by atoms with van der Waals surface area (Å²) in [5.41, 5.74) is 0.851. The molecule has 19 nitrogen and oxygen atoms in total. The smallest absolute Gasteiger partial charge is 0.296 e. The van der Waals surface area contributed by atoms with Crippen LogP contribution in [0.4, 0.5) is 28.4 Å². The summed E-state index contributed by atoms with van der Waals surface area (Å²) in [6.07, 6.45) is 0. The summed E-state index contributed by atoms with van der Waals surface area (Å²) in [5.74, 6) is -1.35. The molecular formula is C35H22Cl2N8O11S3. The van der Waals surface area contributed by atoms with Crippen molar-refractivity contribution >= 4 is 104 Å². The molecule has 6 N–H and O–H groups in total. The molecule has 0 saturated carbocycles. The second kappa shape index (κ2) is 15.5. The Balaban J connectivity index is 1.15. The maximum Gasteiger partial charge on any atom is 0.296 e. The summed E-state index contributed by atoms with van der Waals surface area (Å²) in [6.45, 7) is 0. The number of phenols is 2. The topological polar surface area (TPSA) is 307 Å². The Morgan fingerprint density at radius 1 is 0.525 bits per heavy atom. The van der Waals surface area contributed by atoms with Gasteiger partial charge in [0.25, 0.3) is 30.4 Å². The highest BCUT2D eigenvalue weighted by Crippen LogP contribution is 2.44. The molecule has 0 bridgehead atoms. The average Bonchev–Trinajstić information content (AvgIpc) is 3.16. The van der Waals surface area contributed by atoms with Crippen molar-refractivity contribution in [1.29, 1.82) is 0 Å². The van der Waals surface area contributed by atoms with Crippen LogP contribution in [0.3, 0.4) is 0 Å². The van der Waals surface area contributed by atoms with Crippen LogP contribution in [0.2, 0.25) is 10.6 Å². The van der Waals surface area contributed by atoms with Crippen molar-refractivity contribution in [3.05, 3.63) is 113 Å². The Hall–Kier alpha value is -6.24. The van der Waals surface area contributed by atoms with E-state index in [1.165, 1.54) is 30.3 Å². The summed E-state index contributed by atoms with van der Waals surface area (Å²) >= 11 is 11.7. The molecule has 0 fully saturated rings.